The van der Waals surface area contributed by atoms with E-state index in [1.165, 1.54) is 19.2 Å². The van der Waals surface area contributed by atoms with Crippen LogP contribution in [0.25, 0.3) is 0 Å². The van der Waals surface area contributed by atoms with Crippen molar-refractivity contribution in [1.29, 1.82) is 0 Å². The number of ether oxygens (including phenoxy) is 1. The zero-order chi connectivity index (χ0) is 20.5. The first-order valence-electron chi connectivity index (χ1n) is 9.28. The number of allylic oxidation sites excluding steroid dienone is 1. The summed E-state index contributed by atoms with van der Waals surface area (Å²) in [6.45, 7) is 1.94. The number of urea groups is 1. The summed E-state index contributed by atoms with van der Waals surface area (Å²) >= 11 is 6.13. The van der Waals surface area contributed by atoms with Crippen LogP contribution in [0.4, 0.5) is 10.5 Å². The second-order valence-corrected chi connectivity index (χ2v) is 9.75. The first-order chi connectivity index (χ1) is 13.3. The summed E-state index contributed by atoms with van der Waals surface area (Å²) in [6.07, 6.45) is 5.10. The third-order valence-corrected chi connectivity index (χ3v) is 8.23. The Morgan fingerprint density at radius 1 is 1.29 bits per heavy atom. The minimum absolute atomic E-state index is 0.00734. The number of carbonyl (C=O) groups is 1. The molecule has 2 aliphatic carbocycles. The molecule has 1 aromatic rings. The van der Waals surface area contributed by atoms with Crippen molar-refractivity contribution in [2.45, 2.75) is 61.3 Å². The summed E-state index contributed by atoms with van der Waals surface area (Å²) in [4.78, 5) is 11.9. The number of carbonyl (C=O) groups excluding carboxylic acids is 1. The van der Waals surface area contributed by atoms with Crippen LogP contribution in [0.1, 0.15) is 39.0 Å². The van der Waals surface area contributed by atoms with Crippen molar-refractivity contribution in [2.24, 2.45) is 0 Å². The number of sulfone groups is 1. The Bertz CT molecular complexity index is 900. The van der Waals surface area contributed by atoms with Gasteiger partial charge in [-0.05, 0) is 51.2 Å². The van der Waals surface area contributed by atoms with Crippen LogP contribution >= 0.6 is 11.6 Å². The lowest BCUT2D eigenvalue weighted by molar-refractivity contribution is 0.111. The minimum atomic E-state index is -3.94. The molecule has 3 rings (SSSR count). The molecular weight excluding hydrogens is 404 g/mol. The van der Waals surface area contributed by atoms with E-state index in [9.17, 15) is 18.3 Å². The lowest BCUT2D eigenvalue weighted by Crippen LogP contribution is -2.37. The van der Waals surface area contributed by atoms with E-state index in [0.717, 1.165) is 24.8 Å². The maximum absolute atomic E-state index is 13.1. The molecule has 3 atom stereocenters. The fourth-order valence-corrected chi connectivity index (χ4v) is 6.56. The van der Waals surface area contributed by atoms with Gasteiger partial charge < -0.3 is 20.5 Å². The van der Waals surface area contributed by atoms with Crippen molar-refractivity contribution in [1.82, 2.24) is 5.32 Å². The van der Waals surface area contributed by atoms with Gasteiger partial charge in [0.1, 0.15) is 4.90 Å². The monoisotopic (exact) mass is 428 g/mol. The van der Waals surface area contributed by atoms with Crippen molar-refractivity contribution in [2.75, 3.05) is 12.4 Å². The first kappa shape index (κ1) is 21.0. The van der Waals surface area contributed by atoms with Gasteiger partial charge in [0.15, 0.2) is 15.6 Å². The second-order valence-electron chi connectivity index (χ2n) is 7.24. The third-order valence-electron chi connectivity index (χ3n) is 5.49. The molecule has 2 amide bonds. The predicted molar refractivity (Wildman–Crippen MR) is 108 cm³/mol. The molecule has 28 heavy (non-hydrogen) atoms. The van der Waals surface area contributed by atoms with Crippen LogP contribution in [0.3, 0.4) is 0 Å². The number of phenols is 1. The number of methoxy groups -OCH3 is 1. The molecule has 1 aromatic carbocycles. The Labute approximate surface area is 170 Å². The molecule has 0 bridgehead atoms. The van der Waals surface area contributed by atoms with Crippen LogP contribution in [-0.2, 0) is 14.6 Å². The molecule has 0 radical (unpaired) electrons. The molecule has 0 spiro atoms. The number of rotatable bonds is 5. The van der Waals surface area contributed by atoms with Crippen LogP contribution in [0, 0.1) is 0 Å². The zero-order valence-electron chi connectivity index (χ0n) is 15.9. The van der Waals surface area contributed by atoms with Gasteiger partial charge in [0, 0.05) is 7.11 Å². The quantitative estimate of drug-likeness (QED) is 0.490. The highest BCUT2D eigenvalue weighted by molar-refractivity contribution is 7.92. The number of nitrogens with one attached hydrogen (secondary N) is 2. The van der Waals surface area contributed by atoms with Crippen LogP contribution < -0.4 is 10.6 Å². The van der Waals surface area contributed by atoms with Gasteiger partial charge in [-0.2, -0.15) is 0 Å². The average molecular weight is 429 g/mol. The third kappa shape index (κ3) is 3.99. The van der Waals surface area contributed by atoms with E-state index < -0.39 is 33.0 Å². The molecule has 1 fully saturated rings. The fourth-order valence-electron chi connectivity index (χ4n) is 3.94. The summed E-state index contributed by atoms with van der Waals surface area (Å²) in [7, 11) is -2.46. The SMILES string of the molecule is CO[C@@H]1CCC[C@H]1S(=O)(=O)c1c(Cl)ccc(NC(=O)N[C@@H]2CCC=C2C)c1O. The van der Waals surface area contributed by atoms with Crippen molar-refractivity contribution in [3.63, 3.8) is 0 Å². The Balaban J connectivity index is 1.86. The number of anilines is 1. The molecular formula is C19H25ClN2O5S. The fraction of sp³-hybridized carbons (Fsp3) is 0.526. The molecule has 0 heterocycles. The highest BCUT2D eigenvalue weighted by atomic mass is 35.5. The van der Waals surface area contributed by atoms with Gasteiger partial charge >= 0.3 is 6.03 Å². The molecule has 1 saturated carbocycles. The second kappa shape index (κ2) is 8.31. The number of aromatic hydroxyl groups is 1. The maximum Gasteiger partial charge on any atom is 0.319 e. The zero-order valence-corrected chi connectivity index (χ0v) is 17.4. The van der Waals surface area contributed by atoms with Crippen LogP contribution in [0.2, 0.25) is 5.02 Å². The number of phenolic OH excluding ortho intramolecular Hbond substituents is 1. The van der Waals surface area contributed by atoms with E-state index in [0.29, 0.717) is 12.8 Å². The molecule has 7 nitrogen and oxygen atoms in total. The molecule has 0 saturated heterocycles. The summed E-state index contributed by atoms with van der Waals surface area (Å²) in [6, 6.07) is 2.16. The van der Waals surface area contributed by atoms with Crippen molar-refractivity contribution in [3.05, 3.63) is 28.8 Å². The molecule has 3 N–H and O–H groups in total. The van der Waals surface area contributed by atoms with Crippen LogP contribution in [-0.4, -0.2) is 44.1 Å². The number of amides is 2. The molecule has 2 aliphatic rings. The Hall–Kier alpha value is -1.77. The average Bonchev–Trinajstić information content (AvgIpc) is 3.27. The number of hydrogen-bond donors (Lipinski definition) is 3. The first-order valence-corrected chi connectivity index (χ1v) is 11.2. The smallest absolute Gasteiger partial charge is 0.319 e. The van der Waals surface area contributed by atoms with E-state index >= 15 is 0 Å². The number of benzene rings is 1. The van der Waals surface area contributed by atoms with Gasteiger partial charge in [-0.3, -0.25) is 0 Å². The Morgan fingerprint density at radius 3 is 2.68 bits per heavy atom. The Kier molecular flexibility index (Phi) is 6.21. The van der Waals surface area contributed by atoms with Gasteiger partial charge in [-0.1, -0.05) is 23.3 Å². The van der Waals surface area contributed by atoms with Gasteiger partial charge in [0.25, 0.3) is 0 Å². The molecule has 154 valence electrons. The van der Waals surface area contributed by atoms with Crippen molar-refractivity contribution < 1.29 is 23.1 Å². The van der Waals surface area contributed by atoms with Crippen LogP contribution in [0.15, 0.2) is 28.7 Å². The summed E-state index contributed by atoms with van der Waals surface area (Å²) in [5.74, 6) is -0.553. The van der Waals surface area contributed by atoms with Crippen molar-refractivity contribution in [3.8, 4) is 5.75 Å². The lowest BCUT2D eigenvalue weighted by Gasteiger charge is -2.21. The standard InChI is InChI=1S/C19H25ClN2O5S/c1-11-5-3-6-13(11)21-19(24)22-14-10-9-12(20)18(17(14)23)28(25,26)16-8-4-7-15(16)27-2/h5,9-10,13,15-16,23H,3-4,6-8H2,1-2H3,(H2,21,22,24)/t13-,15-,16-/m1/s1. The van der Waals surface area contributed by atoms with E-state index in [2.05, 4.69) is 16.7 Å². The Morgan fingerprint density at radius 2 is 2.04 bits per heavy atom. The maximum atomic E-state index is 13.1. The molecule has 0 aromatic heterocycles. The predicted octanol–water partition coefficient (Wildman–Crippen LogP) is 3.62. The topological polar surface area (TPSA) is 105 Å². The van der Waals surface area contributed by atoms with E-state index in [1.54, 1.807) is 0 Å². The van der Waals surface area contributed by atoms with Gasteiger partial charge in [0.2, 0.25) is 0 Å². The highest BCUT2D eigenvalue weighted by Crippen LogP contribution is 2.42. The lowest BCUT2D eigenvalue weighted by atomic mass is 10.2. The molecule has 0 unspecified atom stereocenters. The number of hydrogen-bond acceptors (Lipinski definition) is 5. The van der Waals surface area contributed by atoms with Gasteiger partial charge in [-0.25, -0.2) is 13.2 Å². The highest BCUT2D eigenvalue weighted by Gasteiger charge is 2.41. The summed E-state index contributed by atoms with van der Waals surface area (Å²) in [5.41, 5.74) is 1.07. The van der Waals surface area contributed by atoms with E-state index in [1.807, 2.05) is 6.92 Å². The van der Waals surface area contributed by atoms with Gasteiger partial charge in [0.05, 0.1) is 28.1 Å². The van der Waals surface area contributed by atoms with E-state index in [-0.39, 0.29) is 21.6 Å². The normalized spacial score (nSPS) is 24.8. The molecule has 0 aliphatic heterocycles. The molecule has 9 heteroatoms. The largest absolute Gasteiger partial charge is 0.504 e. The summed E-state index contributed by atoms with van der Waals surface area (Å²) < 4.78 is 31.6. The van der Waals surface area contributed by atoms with Gasteiger partial charge in [-0.15, -0.1) is 0 Å². The van der Waals surface area contributed by atoms with Crippen molar-refractivity contribution >= 4 is 33.2 Å². The van der Waals surface area contributed by atoms with E-state index in [4.69, 9.17) is 16.3 Å². The minimum Gasteiger partial charge on any atom is -0.504 e. The van der Waals surface area contributed by atoms with Crippen LogP contribution in [0.5, 0.6) is 5.75 Å². The summed E-state index contributed by atoms with van der Waals surface area (Å²) in [5, 5.41) is 15.1. The number of halogens is 1.